The fraction of sp³-hybridized carbons (Fsp3) is 0.696. The molecule has 1 amide bonds. The monoisotopic (exact) mass is 375 g/mol. The maximum Gasteiger partial charge on any atom is 0.251 e. The molecule has 0 aromatic heterocycles. The summed E-state index contributed by atoms with van der Waals surface area (Å²) in [5.74, 6) is 3.16. The van der Waals surface area contributed by atoms with Crippen LogP contribution in [-0.2, 0) is 6.42 Å². The first kappa shape index (κ1) is 21.3. The van der Waals surface area contributed by atoms with Crippen LogP contribution in [0, 0.1) is 11.8 Å². The van der Waals surface area contributed by atoms with E-state index in [1.807, 2.05) is 26.0 Å². The van der Waals surface area contributed by atoms with E-state index in [2.05, 4.69) is 50.0 Å². The number of amides is 1. The molecule has 1 saturated carbocycles. The van der Waals surface area contributed by atoms with Gasteiger partial charge in [-0.25, -0.2) is 0 Å². The van der Waals surface area contributed by atoms with Gasteiger partial charge in [-0.1, -0.05) is 45.7 Å². The molecule has 146 valence electrons. The lowest BCUT2D eigenvalue weighted by atomic mass is 9.80. The molecule has 1 aromatic rings. The van der Waals surface area contributed by atoms with E-state index in [1.54, 1.807) is 0 Å². The number of thioether (sulfide) groups is 1. The number of hydrogen-bond acceptors (Lipinski definition) is 2. The lowest BCUT2D eigenvalue weighted by Crippen LogP contribution is -2.29. The van der Waals surface area contributed by atoms with Crippen molar-refractivity contribution in [2.75, 3.05) is 5.75 Å². The van der Waals surface area contributed by atoms with E-state index < -0.39 is 0 Å². The molecule has 0 bridgehead atoms. The van der Waals surface area contributed by atoms with Crippen LogP contribution in [0.5, 0.6) is 0 Å². The average molecular weight is 376 g/mol. The highest BCUT2D eigenvalue weighted by molar-refractivity contribution is 8.00. The third kappa shape index (κ3) is 7.73. The van der Waals surface area contributed by atoms with Gasteiger partial charge >= 0.3 is 0 Å². The standard InChI is InChI=1S/C23H37NOS/c1-17(2)24-22(25)21-14-12-19(13-15-21)7-6-18-8-10-20(11-9-18)16-26-23(3,4)5/h12-15,17-18,20H,6-11,16H2,1-5H3,(H,24,25). The van der Waals surface area contributed by atoms with Crippen molar-refractivity contribution in [2.24, 2.45) is 11.8 Å². The molecule has 0 spiro atoms. The topological polar surface area (TPSA) is 29.1 Å². The molecule has 0 radical (unpaired) electrons. The Hall–Kier alpha value is -0.960. The van der Waals surface area contributed by atoms with Crippen molar-refractivity contribution < 1.29 is 4.79 Å². The molecule has 1 fully saturated rings. The molecular weight excluding hydrogens is 338 g/mol. The van der Waals surface area contributed by atoms with Crippen LogP contribution in [0.4, 0.5) is 0 Å². The number of benzene rings is 1. The van der Waals surface area contributed by atoms with Gasteiger partial charge in [-0.3, -0.25) is 4.79 Å². The zero-order chi connectivity index (χ0) is 19.2. The van der Waals surface area contributed by atoms with Gasteiger partial charge in [0, 0.05) is 16.4 Å². The van der Waals surface area contributed by atoms with Crippen LogP contribution in [0.2, 0.25) is 0 Å². The van der Waals surface area contributed by atoms with Gasteiger partial charge in [0.2, 0.25) is 0 Å². The van der Waals surface area contributed by atoms with Crippen molar-refractivity contribution in [2.45, 2.75) is 83.9 Å². The SMILES string of the molecule is CC(C)NC(=O)c1ccc(CCC2CCC(CSC(C)(C)C)CC2)cc1. The number of carbonyl (C=O) groups excluding carboxylic acids is 1. The van der Waals surface area contributed by atoms with E-state index in [9.17, 15) is 4.79 Å². The molecule has 3 heteroatoms. The molecule has 2 rings (SSSR count). The predicted molar refractivity (Wildman–Crippen MR) is 115 cm³/mol. The number of hydrogen-bond donors (Lipinski definition) is 1. The summed E-state index contributed by atoms with van der Waals surface area (Å²) in [4.78, 5) is 12.0. The summed E-state index contributed by atoms with van der Waals surface area (Å²) < 4.78 is 0.398. The normalized spacial score (nSPS) is 21.0. The van der Waals surface area contributed by atoms with Crippen LogP contribution >= 0.6 is 11.8 Å². The minimum atomic E-state index is 0.0259. The largest absolute Gasteiger partial charge is 0.350 e. The third-order valence-corrected chi connectivity index (χ3v) is 6.70. The molecule has 1 aliphatic rings. The summed E-state index contributed by atoms with van der Waals surface area (Å²) in [6.45, 7) is 10.9. The van der Waals surface area contributed by atoms with E-state index in [-0.39, 0.29) is 11.9 Å². The van der Waals surface area contributed by atoms with Crippen LogP contribution in [-0.4, -0.2) is 22.4 Å². The van der Waals surface area contributed by atoms with Gasteiger partial charge in [-0.2, -0.15) is 11.8 Å². The number of nitrogens with one attached hydrogen (secondary N) is 1. The molecule has 0 atom stereocenters. The van der Waals surface area contributed by atoms with Gasteiger partial charge in [-0.05, 0) is 74.8 Å². The van der Waals surface area contributed by atoms with Crippen LogP contribution in [0.25, 0.3) is 0 Å². The van der Waals surface area contributed by atoms with E-state index in [1.165, 1.54) is 43.4 Å². The first-order chi connectivity index (χ1) is 12.2. The lowest BCUT2D eigenvalue weighted by molar-refractivity contribution is 0.0943. The molecule has 1 aliphatic carbocycles. The van der Waals surface area contributed by atoms with Crippen LogP contribution in [0.1, 0.15) is 82.6 Å². The lowest BCUT2D eigenvalue weighted by Gasteiger charge is -2.30. The zero-order valence-corrected chi connectivity index (χ0v) is 18.1. The maximum atomic E-state index is 12.0. The van der Waals surface area contributed by atoms with E-state index in [4.69, 9.17) is 0 Å². The summed E-state index contributed by atoms with van der Waals surface area (Å²) in [5, 5.41) is 2.95. The van der Waals surface area contributed by atoms with Gasteiger partial charge in [0.25, 0.3) is 5.91 Å². The molecule has 1 N–H and O–H groups in total. The summed E-state index contributed by atoms with van der Waals surface area (Å²) >= 11 is 2.13. The van der Waals surface area contributed by atoms with Crippen LogP contribution < -0.4 is 5.32 Å². The first-order valence-electron chi connectivity index (χ1n) is 10.3. The molecule has 0 saturated heterocycles. The van der Waals surface area contributed by atoms with Gasteiger partial charge in [-0.15, -0.1) is 0 Å². The van der Waals surface area contributed by atoms with Gasteiger partial charge < -0.3 is 5.32 Å². The minimum Gasteiger partial charge on any atom is -0.350 e. The number of carbonyl (C=O) groups is 1. The molecule has 2 nitrogen and oxygen atoms in total. The first-order valence-corrected chi connectivity index (χ1v) is 11.3. The van der Waals surface area contributed by atoms with Crippen molar-refractivity contribution in [3.63, 3.8) is 0 Å². The highest BCUT2D eigenvalue weighted by Crippen LogP contribution is 2.36. The van der Waals surface area contributed by atoms with Gasteiger partial charge in [0.15, 0.2) is 0 Å². The van der Waals surface area contributed by atoms with Crippen molar-refractivity contribution >= 4 is 17.7 Å². The Labute approximate surface area is 164 Å². The van der Waals surface area contributed by atoms with Gasteiger partial charge in [0.05, 0.1) is 0 Å². The maximum absolute atomic E-state index is 12.0. The summed E-state index contributed by atoms with van der Waals surface area (Å²) in [5.41, 5.74) is 2.12. The second-order valence-electron chi connectivity index (χ2n) is 9.17. The Balaban J connectivity index is 1.70. The summed E-state index contributed by atoms with van der Waals surface area (Å²) in [6, 6.07) is 8.36. The highest BCUT2D eigenvalue weighted by atomic mass is 32.2. The van der Waals surface area contributed by atoms with E-state index in [0.717, 1.165) is 23.8 Å². The van der Waals surface area contributed by atoms with E-state index in [0.29, 0.717) is 4.75 Å². The molecular formula is C23H37NOS. The summed E-state index contributed by atoms with van der Waals surface area (Å²) in [6.07, 6.45) is 8.02. The second-order valence-corrected chi connectivity index (χ2v) is 11.0. The smallest absolute Gasteiger partial charge is 0.251 e. The van der Waals surface area contributed by atoms with E-state index >= 15 is 0 Å². The average Bonchev–Trinajstić information content (AvgIpc) is 2.58. The Bertz CT molecular complexity index is 551. The molecule has 0 aliphatic heterocycles. The van der Waals surface area contributed by atoms with Crippen LogP contribution in [0.3, 0.4) is 0 Å². The van der Waals surface area contributed by atoms with Crippen LogP contribution in [0.15, 0.2) is 24.3 Å². The third-order valence-electron chi connectivity index (χ3n) is 5.20. The minimum absolute atomic E-state index is 0.0259. The number of rotatable bonds is 7. The van der Waals surface area contributed by atoms with Crippen molar-refractivity contribution in [3.05, 3.63) is 35.4 Å². The Kier molecular flexibility index (Phi) is 8.06. The van der Waals surface area contributed by atoms with Gasteiger partial charge in [0.1, 0.15) is 0 Å². The quantitative estimate of drug-likeness (QED) is 0.624. The van der Waals surface area contributed by atoms with Crippen molar-refractivity contribution in [1.29, 1.82) is 0 Å². The second kappa shape index (κ2) is 9.82. The summed E-state index contributed by atoms with van der Waals surface area (Å²) in [7, 11) is 0. The van der Waals surface area contributed by atoms with Crippen molar-refractivity contribution in [3.8, 4) is 0 Å². The number of aryl methyl sites for hydroxylation is 1. The highest BCUT2D eigenvalue weighted by Gasteiger charge is 2.23. The fourth-order valence-electron chi connectivity index (χ4n) is 3.59. The van der Waals surface area contributed by atoms with Crippen molar-refractivity contribution in [1.82, 2.24) is 5.32 Å². The molecule has 0 heterocycles. The predicted octanol–water partition coefficient (Wildman–Crippen LogP) is 6.10. The zero-order valence-electron chi connectivity index (χ0n) is 17.3. The fourth-order valence-corrected chi connectivity index (χ4v) is 4.66. The molecule has 1 aromatic carbocycles. The molecule has 0 unspecified atom stereocenters. The Morgan fingerprint density at radius 1 is 1.08 bits per heavy atom. The molecule has 26 heavy (non-hydrogen) atoms. The Morgan fingerprint density at radius 2 is 1.65 bits per heavy atom. The Morgan fingerprint density at radius 3 is 2.19 bits per heavy atom.